The highest BCUT2D eigenvalue weighted by molar-refractivity contribution is 6.05. The Labute approximate surface area is 222 Å². The van der Waals surface area contributed by atoms with Gasteiger partial charge in [0, 0.05) is 41.1 Å². The number of nitrogens with zero attached hydrogens (tertiary/aromatic N) is 3. The lowest BCUT2D eigenvalue weighted by Crippen LogP contribution is -2.16. The molecule has 0 unspecified atom stereocenters. The summed E-state index contributed by atoms with van der Waals surface area (Å²) in [6.45, 7) is 1.74. The van der Waals surface area contributed by atoms with Crippen molar-refractivity contribution in [3.05, 3.63) is 95.4 Å². The van der Waals surface area contributed by atoms with Crippen molar-refractivity contribution >= 4 is 34.3 Å². The molecule has 0 fully saturated rings. The van der Waals surface area contributed by atoms with Crippen LogP contribution in [0.25, 0.3) is 22.3 Å². The van der Waals surface area contributed by atoms with Crippen molar-refractivity contribution in [2.45, 2.75) is 19.3 Å². The Morgan fingerprint density at radius 2 is 1.62 bits per heavy atom. The predicted molar refractivity (Wildman–Crippen MR) is 136 cm³/mol. The van der Waals surface area contributed by atoms with Crippen molar-refractivity contribution in [2.75, 3.05) is 10.6 Å². The fourth-order valence-corrected chi connectivity index (χ4v) is 3.96. The van der Waals surface area contributed by atoms with Gasteiger partial charge in [-0.3, -0.25) is 9.78 Å². The number of carbonyl (C=O) groups is 1. The van der Waals surface area contributed by atoms with Gasteiger partial charge in [0.1, 0.15) is 5.69 Å². The largest absolute Gasteiger partial charge is 0.416 e. The van der Waals surface area contributed by atoms with Gasteiger partial charge >= 0.3 is 12.4 Å². The highest BCUT2D eigenvalue weighted by Crippen LogP contribution is 2.38. The van der Waals surface area contributed by atoms with Crippen molar-refractivity contribution in [1.82, 2.24) is 19.9 Å². The lowest BCUT2D eigenvalue weighted by atomic mass is 10.1. The number of carbonyl (C=O) groups excluding carboxylic acids is 1. The van der Waals surface area contributed by atoms with E-state index < -0.39 is 35.1 Å². The van der Waals surface area contributed by atoms with Crippen LogP contribution in [0.3, 0.4) is 0 Å². The fraction of sp³-hybridized carbons (Fsp3) is 0.111. The molecular weight excluding hydrogens is 538 g/mol. The molecule has 0 aliphatic rings. The average molecular weight is 556 g/mol. The molecule has 5 rings (SSSR count). The summed E-state index contributed by atoms with van der Waals surface area (Å²) in [6.07, 6.45) is -5.12. The molecule has 0 atom stereocenters. The molecule has 0 bridgehead atoms. The second-order valence-corrected chi connectivity index (χ2v) is 8.78. The Hall–Kier alpha value is -4.94. The first-order chi connectivity index (χ1) is 18.9. The fourth-order valence-electron chi connectivity index (χ4n) is 3.96. The third kappa shape index (κ3) is 5.58. The van der Waals surface area contributed by atoms with Gasteiger partial charge < -0.3 is 15.6 Å². The van der Waals surface area contributed by atoms with Gasteiger partial charge in [0.2, 0.25) is 5.95 Å². The lowest BCUT2D eigenvalue weighted by molar-refractivity contribution is -0.143. The highest BCUT2D eigenvalue weighted by atomic mass is 19.4. The van der Waals surface area contributed by atoms with Crippen molar-refractivity contribution in [1.29, 1.82) is 0 Å². The minimum atomic E-state index is -5.04. The average Bonchev–Trinajstić information content (AvgIpc) is 3.37. The van der Waals surface area contributed by atoms with Crippen LogP contribution in [-0.2, 0) is 12.4 Å². The number of aromatic amines is 1. The number of hydrogen-bond acceptors (Lipinski definition) is 5. The number of nitrogens with one attached hydrogen (secondary N) is 3. The van der Waals surface area contributed by atoms with E-state index in [1.807, 2.05) is 6.07 Å². The van der Waals surface area contributed by atoms with Crippen LogP contribution in [0, 0.1) is 6.92 Å². The summed E-state index contributed by atoms with van der Waals surface area (Å²) in [4.78, 5) is 29.2. The van der Waals surface area contributed by atoms with Gasteiger partial charge in [-0.25, -0.2) is 9.97 Å². The Morgan fingerprint density at radius 3 is 2.27 bits per heavy atom. The number of fused-ring (bicyclic) bond motifs is 1. The second-order valence-electron chi connectivity index (χ2n) is 8.78. The number of H-pyrrole nitrogens is 1. The monoisotopic (exact) mass is 556 g/mol. The molecule has 5 aromatic rings. The second kappa shape index (κ2) is 9.98. The summed E-state index contributed by atoms with van der Waals surface area (Å²) in [5, 5.41) is 5.18. The molecule has 1 amide bonds. The number of halogens is 6. The third-order valence-corrected chi connectivity index (χ3v) is 5.93. The molecule has 2 aromatic carbocycles. The molecule has 0 aliphatic heterocycles. The van der Waals surface area contributed by atoms with E-state index in [9.17, 15) is 31.1 Å². The van der Waals surface area contributed by atoms with Crippen molar-refractivity contribution in [3.63, 3.8) is 0 Å². The summed E-state index contributed by atoms with van der Waals surface area (Å²) in [7, 11) is 0. The van der Waals surface area contributed by atoms with E-state index in [1.165, 1.54) is 12.1 Å². The minimum absolute atomic E-state index is 0.00928. The smallest absolute Gasteiger partial charge is 0.358 e. The summed E-state index contributed by atoms with van der Waals surface area (Å²) in [5.41, 5.74) is -0.0761. The molecule has 13 heteroatoms. The van der Waals surface area contributed by atoms with E-state index in [0.717, 1.165) is 5.56 Å². The van der Waals surface area contributed by atoms with Gasteiger partial charge in [-0.1, -0.05) is 6.07 Å². The number of alkyl halides is 6. The summed E-state index contributed by atoms with van der Waals surface area (Å²) < 4.78 is 79.3. The van der Waals surface area contributed by atoms with Crippen LogP contribution in [-0.4, -0.2) is 25.8 Å². The molecule has 40 heavy (non-hydrogen) atoms. The van der Waals surface area contributed by atoms with Crippen molar-refractivity contribution in [2.24, 2.45) is 0 Å². The predicted octanol–water partition coefficient (Wildman–Crippen LogP) is 7.36. The van der Waals surface area contributed by atoms with E-state index in [2.05, 4.69) is 30.6 Å². The molecule has 0 saturated heterocycles. The summed E-state index contributed by atoms with van der Waals surface area (Å²) >= 11 is 0. The van der Waals surface area contributed by atoms with Crippen LogP contribution >= 0.6 is 0 Å². The molecule has 0 spiro atoms. The van der Waals surface area contributed by atoms with Gasteiger partial charge in [0.05, 0.1) is 22.2 Å². The number of amides is 1. The van der Waals surface area contributed by atoms with Crippen LogP contribution < -0.4 is 10.6 Å². The standard InChI is InChI=1S/C27H18F6N6O/c1-14-4-5-15(24(40)36-19-11-17(26(28,29)30)10-18(12-19)27(31,32)33)9-21(14)38-25-37-20-6-8-35-23(20)22(39-25)16-3-2-7-34-13-16/h2-13,35H,1H3,(H,36,40)(H,37,38,39). The zero-order valence-electron chi connectivity index (χ0n) is 20.4. The molecule has 204 valence electrons. The molecule has 7 nitrogen and oxygen atoms in total. The zero-order valence-corrected chi connectivity index (χ0v) is 20.4. The molecule has 0 radical (unpaired) electrons. The number of anilines is 3. The first-order valence-electron chi connectivity index (χ1n) is 11.6. The van der Waals surface area contributed by atoms with Gasteiger partial charge in [-0.2, -0.15) is 26.3 Å². The van der Waals surface area contributed by atoms with E-state index in [0.29, 0.717) is 40.1 Å². The summed E-state index contributed by atoms with van der Waals surface area (Å²) in [6, 6.07) is 10.6. The first kappa shape index (κ1) is 26.7. The molecule has 3 N–H and O–H groups in total. The maximum absolute atomic E-state index is 13.2. The van der Waals surface area contributed by atoms with Gasteiger partial charge in [0.15, 0.2) is 0 Å². The molecular formula is C27H18F6N6O. The number of benzene rings is 2. The minimum Gasteiger partial charge on any atom is -0.358 e. The Balaban J connectivity index is 1.45. The van der Waals surface area contributed by atoms with E-state index in [1.54, 1.807) is 43.7 Å². The number of rotatable bonds is 5. The number of aryl methyl sites for hydroxylation is 1. The molecule has 3 aromatic heterocycles. The molecule has 3 heterocycles. The normalized spacial score (nSPS) is 12.0. The van der Waals surface area contributed by atoms with Gasteiger partial charge in [0.25, 0.3) is 5.91 Å². The number of pyridine rings is 1. The van der Waals surface area contributed by atoms with E-state index in [-0.39, 0.29) is 17.6 Å². The first-order valence-corrected chi connectivity index (χ1v) is 11.6. The van der Waals surface area contributed by atoms with Crippen LogP contribution in [0.1, 0.15) is 27.0 Å². The van der Waals surface area contributed by atoms with Crippen LogP contribution in [0.4, 0.5) is 43.7 Å². The van der Waals surface area contributed by atoms with Crippen LogP contribution in [0.15, 0.2) is 73.2 Å². The summed E-state index contributed by atoms with van der Waals surface area (Å²) in [5.74, 6) is -0.715. The third-order valence-electron chi connectivity index (χ3n) is 5.93. The van der Waals surface area contributed by atoms with Crippen LogP contribution in [0.2, 0.25) is 0 Å². The number of aromatic nitrogens is 4. The quantitative estimate of drug-likeness (QED) is 0.197. The zero-order chi connectivity index (χ0) is 28.7. The Bertz CT molecular complexity index is 1680. The van der Waals surface area contributed by atoms with Crippen molar-refractivity contribution < 1.29 is 31.1 Å². The molecule has 0 aliphatic carbocycles. The van der Waals surface area contributed by atoms with Gasteiger partial charge in [-0.05, 0) is 61.0 Å². The highest BCUT2D eigenvalue weighted by Gasteiger charge is 2.37. The van der Waals surface area contributed by atoms with Crippen LogP contribution in [0.5, 0.6) is 0 Å². The topological polar surface area (TPSA) is 95.6 Å². The van der Waals surface area contributed by atoms with Crippen molar-refractivity contribution in [3.8, 4) is 11.3 Å². The number of hydrogen-bond donors (Lipinski definition) is 3. The van der Waals surface area contributed by atoms with E-state index >= 15 is 0 Å². The SMILES string of the molecule is Cc1ccc(C(=O)Nc2cc(C(F)(F)F)cc(C(F)(F)F)c2)cc1Nc1nc(-c2cccnc2)c2[nH]ccc2n1. The lowest BCUT2D eigenvalue weighted by Gasteiger charge is -2.15. The Kier molecular flexibility index (Phi) is 6.65. The Morgan fingerprint density at radius 1 is 0.900 bits per heavy atom. The van der Waals surface area contributed by atoms with E-state index in [4.69, 9.17) is 0 Å². The van der Waals surface area contributed by atoms with Gasteiger partial charge in [-0.15, -0.1) is 0 Å². The maximum atomic E-state index is 13.2. The maximum Gasteiger partial charge on any atom is 0.416 e. The molecule has 0 saturated carbocycles.